The fourth-order valence-corrected chi connectivity index (χ4v) is 1.77. The van der Waals surface area contributed by atoms with Gasteiger partial charge in [-0.25, -0.2) is 4.39 Å². The van der Waals surface area contributed by atoms with Gasteiger partial charge in [0, 0.05) is 17.7 Å². The molecule has 3 rings (SSSR count). The number of anilines is 1. The predicted molar refractivity (Wildman–Crippen MR) is 70.7 cm³/mol. The monoisotopic (exact) mass is 287 g/mol. The van der Waals surface area contributed by atoms with Crippen molar-refractivity contribution in [1.82, 2.24) is 10.3 Å². The van der Waals surface area contributed by atoms with Crippen LogP contribution in [-0.4, -0.2) is 16.2 Å². The normalized spacial score (nSPS) is 10.5. The Labute approximate surface area is 118 Å². The first-order valence-electron chi connectivity index (χ1n) is 6.12. The average Bonchev–Trinajstić information content (AvgIpc) is 3.11. The number of halogens is 1. The SMILES string of the molecule is O=C(Cc1cc(-c2ccc(F)cc2)on1)Nc1ccon1. The number of rotatable bonds is 4. The highest BCUT2D eigenvalue weighted by Gasteiger charge is 2.11. The molecule has 0 fully saturated rings. The van der Waals surface area contributed by atoms with Gasteiger partial charge in [-0.3, -0.25) is 4.79 Å². The molecule has 21 heavy (non-hydrogen) atoms. The Kier molecular flexibility index (Phi) is 3.46. The number of nitrogens with zero attached hydrogens (tertiary/aromatic N) is 2. The van der Waals surface area contributed by atoms with Crippen LogP contribution in [0.15, 0.2) is 51.7 Å². The Hall–Kier alpha value is -2.96. The highest BCUT2D eigenvalue weighted by atomic mass is 19.1. The Bertz CT molecular complexity index is 735. The van der Waals surface area contributed by atoms with Gasteiger partial charge in [0.15, 0.2) is 11.6 Å². The van der Waals surface area contributed by atoms with Crippen molar-refractivity contribution in [2.24, 2.45) is 0 Å². The average molecular weight is 287 g/mol. The van der Waals surface area contributed by atoms with Crippen molar-refractivity contribution in [2.45, 2.75) is 6.42 Å². The van der Waals surface area contributed by atoms with Crippen LogP contribution in [0, 0.1) is 5.82 Å². The minimum absolute atomic E-state index is 0.0392. The Morgan fingerprint density at radius 2 is 2.00 bits per heavy atom. The van der Waals surface area contributed by atoms with Gasteiger partial charge in [0.05, 0.1) is 12.1 Å². The van der Waals surface area contributed by atoms with Crippen LogP contribution in [0.2, 0.25) is 0 Å². The lowest BCUT2D eigenvalue weighted by atomic mass is 10.1. The highest BCUT2D eigenvalue weighted by molar-refractivity contribution is 5.91. The molecule has 6 nitrogen and oxygen atoms in total. The summed E-state index contributed by atoms with van der Waals surface area (Å²) in [5, 5.41) is 9.94. The van der Waals surface area contributed by atoms with Crippen LogP contribution in [0.4, 0.5) is 10.2 Å². The van der Waals surface area contributed by atoms with Crippen molar-refractivity contribution in [3.63, 3.8) is 0 Å². The zero-order chi connectivity index (χ0) is 14.7. The summed E-state index contributed by atoms with van der Waals surface area (Å²) in [7, 11) is 0. The maximum atomic E-state index is 12.8. The molecule has 106 valence electrons. The van der Waals surface area contributed by atoms with Gasteiger partial charge in [-0.2, -0.15) is 0 Å². The molecule has 2 heterocycles. The summed E-state index contributed by atoms with van der Waals surface area (Å²) in [6, 6.07) is 8.98. The standard InChI is InChI=1S/C14H10FN3O3/c15-10-3-1-9(2-4-10)12-7-11(17-21-12)8-14(19)16-13-5-6-20-18-13/h1-7H,8H2,(H,16,18,19). The Morgan fingerprint density at radius 3 is 2.71 bits per heavy atom. The van der Waals surface area contributed by atoms with Crippen molar-refractivity contribution in [2.75, 3.05) is 5.32 Å². The van der Waals surface area contributed by atoms with Crippen molar-refractivity contribution < 1.29 is 18.2 Å². The summed E-state index contributed by atoms with van der Waals surface area (Å²) in [6.07, 6.45) is 1.40. The minimum atomic E-state index is -0.328. The number of aromatic nitrogens is 2. The summed E-state index contributed by atoms with van der Waals surface area (Å²) in [4.78, 5) is 11.7. The number of amides is 1. The van der Waals surface area contributed by atoms with Gasteiger partial charge in [-0.15, -0.1) is 0 Å². The Balaban J connectivity index is 1.67. The molecule has 7 heteroatoms. The number of hydrogen-bond acceptors (Lipinski definition) is 5. The van der Waals surface area contributed by atoms with Crippen LogP contribution in [0.5, 0.6) is 0 Å². The van der Waals surface area contributed by atoms with Gasteiger partial charge in [0.1, 0.15) is 12.1 Å². The lowest BCUT2D eigenvalue weighted by Crippen LogP contribution is -2.14. The molecule has 0 aliphatic carbocycles. The van der Waals surface area contributed by atoms with E-state index >= 15 is 0 Å². The first-order chi connectivity index (χ1) is 10.2. The quantitative estimate of drug-likeness (QED) is 0.797. The maximum absolute atomic E-state index is 12.8. The number of hydrogen-bond donors (Lipinski definition) is 1. The summed E-state index contributed by atoms with van der Waals surface area (Å²) in [5.74, 6) is 0.190. The molecule has 3 aromatic rings. The molecule has 1 N–H and O–H groups in total. The molecule has 0 bridgehead atoms. The molecule has 0 saturated heterocycles. The molecule has 1 aromatic carbocycles. The fourth-order valence-electron chi connectivity index (χ4n) is 1.77. The van der Waals surface area contributed by atoms with E-state index in [9.17, 15) is 9.18 Å². The van der Waals surface area contributed by atoms with E-state index < -0.39 is 0 Å². The van der Waals surface area contributed by atoms with Crippen LogP contribution >= 0.6 is 0 Å². The summed E-state index contributed by atoms with van der Waals surface area (Å²) in [5.41, 5.74) is 1.15. The van der Waals surface area contributed by atoms with Gasteiger partial charge in [0.2, 0.25) is 5.91 Å². The molecule has 0 aliphatic rings. The minimum Gasteiger partial charge on any atom is -0.363 e. The first-order valence-corrected chi connectivity index (χ1v) is 6.12. The van der Waals surface area contributed by atoms with E-state index in [1.54, 1.807) is 18.2 Å². The first kappa shape index (κ1) is 13.0. The van der Waals surface area contributed by atoms with Crippen LogP contribution in [0.25, 0.3) is 11.3 Å². The zero-order valence-electron chi connectivity index (χ0n) is 10.7. The van der Waals surface area contributed by atoms with E-state index in [-0.39, 0.29) is 18.1 Å². The van der Waals surface area contributed by atoms with E-state index in [0.717, 1.165) is 0 Å². The van der Waals surface area contributed by atoms with E-state index in [1.165, 1.54) is 24.5 Å². The van der Waals surface area contributed by atoms with Gasteiger partial charge in [-0.05, 0) is 24.3 Å². The second-order valence-electron chi connectivity index (χ2n) is 4.30. The molecule has 0 unspecified atom stereocenters. The van der Waals surface area contributed by atoms with Crippen LogP contribution < -0.4 is 5.32 Å². The second kappa shape index (κ2) is 5.58. The Morgan fingerprint density at radius 1 is 1.19 bits per heavy atom. The fraction of sp³-hybridized carbons (Fsp3) is 0.0714. The van der Waals surface area contributed by atoms with Crippen LogP contribution in [-0.2, 0) is 11.2 Å². The smallest absolute Gasteiger partial charge is 0.231 e. The third kappa shape index (κ3) is 3.14. The molecule has 0 spiro atoms. The molecular formula is C14H10FN3O3. The largest absolute Gasteiger partial charge is 0.363 e. The molecule has 0 saturated carbocycles. The molecule has 0 radical (unpaired) electrons. The summed E-state index contributed by atoms with van der Waals surface area (Å²) >= 11 is 0. The van der Waals surface area contributed by atoms with E-state index in [2.05, 4.69) is 20.2 Å². The lowest BCUT2D eigenvalue weighted by molar-refractivity contribution is -0.115. The maximum Gasteiger partial charge on any atom is 0.231 e. The van der Waals surface area contributed by atoms with Gasteiger partial charge < -0.3 is 14.4 Å². The van der Waals surface area contributed by atoms with E-state index in [0.29, 0.717) is 22.8 Å². The van der Waals surface area contributed by atoms with Gasteiger partial charge in [0.25, 0.3) is 0 Å². The molecule has 1 amide bonds. The molecule has 2 aromatic heterocycles. The molecule has 0 aliphatic heterocycles. The van der Waals surface area contributed by atoms with Crippen LogP contribution in [0.1, 0.15) is 5.69 Å². The summed E-state index contributed by atoms with van der Waals surface area (Å²) < 4.78 is 22.6. The second-order valence-corrected chi connectivity index (χ2v) is 4.30. The van der Waals surface area contributed by atoms with Crippen molar-refractivity contribution >= 4 is 11.7 Å². The van der Waals surface area contributed by atoms with Crippen molar-refractivity contribution in [3.8, 4) is 11.3 Å². The lowest BCUT2D eigenvalue weighted by Gasteiger charge is -1.97. The van der Waals surface area contributed by atoms with E-state index in [1.807, 2.05) is 0 Å². The van der Waals surface area contributed by atoms with Gasteiger partial charge >= 0.3 is 0 Å². The number of benzene rings is 1. The third-order valence-corrected chi connectivity index (χ3v) is 2.73. The number of nitrogens with one attached hydrogen (secondary N) is 1. The zero-order valence-corrected chi connectivity index (χ0v) is 10.7. The topological polar surface area (TPSA) is 81.2 Å². The molecular weight excluding hydrogens is 277 g/mol. The number of carbonyl (C=O) groups excluding carboxylic acids is 1. The predicted octanol–water partition coefficient (Wildman–Crippen LogP) is 2.65. The van der Waals surface area contributed by atoms with Crippen molar-refractivity contribution in [1.29, 1.82) is 0 Å². The van der Waals surface area contributed by atoms with Crippen molar-refractivity contribution in [3.05, 3.63) is 54.2 Å². The van der Waals surface area contributed by atoms with Gasteiger partial charge in [-0.1, -0.05) is 10.3 Å². The summed E-state index contributed by atoms with van der Waals surface area (Å²) in [6.45, 7) is 0. The van der Waals surface area contributed by atoms with E-state index in [4.69, 9.17) is 4.52 Å². The third-order valence-electron chi connectivity index (χ3n) is 2.73. The van der Waals surface area contributed by atoms with Crippen LogP contribution in [0.3, 0.4) is 0 Å². The highest BCUT2D eigenvalue weighted by Crippen LogP contribution is 2.20. The number of carbonyl (C=O) groups is 1. The molecule has 0 atom stereocenters.